The predicted molar refractivity (Wildman–Crippen MR) is 69.9 cm³/mol. The minimum Gasteiger partial charge on any atom is -0.373 e. The fourth-order valence-electron chi connectivity index (χ4n) is 3.01. The second kappa shape index (κ2) is 4.84. The van der Waals surface area contributed by atoms with Crippen molar-refractivity contribution in [2.75, 3.05) is 25.4 Å². The van der Waals surface area contributed by atoms with Crippen LogP contribution in [-0.4, -0.2) is 53.3 Å². The maximum absolute atomic E-state index is 6.06. The van der Waals surface area contributed by atoms with Gasteiger partial charge in [0.05, 0.1) is 12.2 Å². The van der Waals surface area contributed by atoms with E-state index in [0.717, 1.165) is 24.9 Å². The molecule has 2 saturated heterocycles. The van der Waals surface area contributed by atoms with E-state index in [-0.39, 0.29) is 5.54 Å². The third-order valence-corrected chi connectivity index (χ3v) is 5.21. The second-order valence-corrected chi connectivity index (χ2v) is 6.84. The minimum absolute atomic E-state index is 0.233. The molecular formula is C12H24N2OS. The van der Waals surface area contributed by atoms with Gasteiger partial charge in [0.15, 0.2) is 0 Å². The van der Waals surface area contributed by atoms with E-state index in [0.29, 0.717) is 12.2 Å². The fourth-order valence-corrected chi connectivity index (χ4v) is 4.45. The van der Waals surface area contributed by atoms with Gasteiger partial charge in [-0.1, -0.05) is 6.92 Å². The van der Waals surface area contributed by atoms with Crippen molar-refractivity contribution in [2.24, 2.45) is 5.73 Å². The normalized spacial score (nSPS) is 46.1. The molecule has 4 heteroatoms. The summed E-state index contributed by atoms with van der Waals surface area (Å²) in [6.45, 7) is 9.50. The van der Waals surface area contributed by atoms with Gasteiger partial charge < -0.3 is 10.5 Å². The molecule has 0 aromatic heterocycles. The Bertz CT molecular complexity index is 241. The van der Waals surface area contributed by atoms with Crippen molar-refractivity contribution in [3.63, 3.8) is 0 Å². The van der Waals surface area contributed by atoms with Crippen LogP contribution in [0.25, 0.3) is 0 Å². The monoisotopic (exact) mass is 244 g/mol. The van der Waals surface area contributed by atoms with Gasteiger partial charge in [-0.3, -0.25) is 4.90 Å². The van der Waals surface area contributed by atoms with E-state index < -0.39 is 0 Å². The molecule has 2 heterocycles. The Labute approximate surface area is 103 Å². The molecule has 2 N–H and O–H groups in total. The average Bonchev–Trinajstić information content (AvgIpc) is 2.60. The Hall–Kier alpha value is 0.230. The largest absolute Gasteiger partial charge is 0.373 e. The summed E-state index contributed by atoms with van der Waals surface area (Å²) >= 11 is 2.06. The van der Waals surface area contributed by atoms with Gasteiger partial charge in [-0.05, 0) is 20.3 Å². The minimum atomic E-state index is 0.233. The second-order valence-electron chi connectivity index (χ2n) is 5.42. The van der Waals surface area contributed by atoms with E-state index in [1.165, 1.54) is 12.2 Å². The Balaban J connectivity index is 2.09. The molecule has 0 aliphatic carbocycles. The summed E-state index contributed by atoms with van der Waals surface area (Å²) in [6.07, 6.45) is 1.91. The zero-order valence-corrected chi connectivity index (χ0v) is 11.4. The van der Waals surface area contributed by atoms with Crippen LogP contribution in [0.1, 0.15) is 27.2 Å². The molecule has 94 valence electrons. The molecule has 2 rings (SSSR count). The zero-order chi connectivity index (χ0) is 11.8. The maximum Gasteiger partial charge on any atom is 0.0678 e. The highest BCUT2D eigenvalue weighted by Gasteiger charge is 2.44. The van der Waals surface area contributed by atoms with Crippen molar-refractivity contribution in [1.82, 2.24) is 4.90 Å². The molecule has 0 aromatic carbocycles. The van der Waals surface area contributed by atoms with E-state index in [9.17, 15) is 0 Å². The lowest BCUT2D eigenvalue weighted by Crippen LogP contribution is -2.61. The lowest BCUT2D eigenvalue weighted by molar-refractivity contribution is -0.0964. The summed E-state index contributed by atoms with van der Waals surface area (Å²) in [5.74, 6) is 1.18. The number of rotatable bonds is 2. The molecule has 0 amide bonds. The first-order chi connectivity index (χ1) is 7.55. The Morgan fingerprint density at radius 2 is 1.94 bits per heavy atom. The van der Waals surface area contributed by atoms with Gasteiger partial charge in [0.25, 0.3) is 0 Å². The number of nitrogens with zero attached hydrogens (tertiary/aromatic N) is 1. The number of ether oxygens (including phenoxy) is 1. The lowest BCUT2D eigenvalue weighted by atomic mass is 9.92. The van der Waals surface area contributed by atoms with Gasteiger partial charge >= 0.3 is 0 Å². The summed E-state index contributed by atoms with van der Waals surface area (Å²) in [6, 6.07) is 0. The summed E-state index contributed by atoms with van der Waals surface area (Å²) in [4.78, 5) is 2.59. The van der Waals surface area contributed by atoms with E-state index in [1.807, 2.05) is 0 Å². The van der Waals surface area contributed by atoms with E-state index in [4.69, 9.17) is 10.5 Å². The summed E-state index contributed by atoms with van der Waals surface area (Å²) in [5, 5.41) is 0.747. The van der Waals surface area contributed by atoms with Gasteiger partial charge in [0, 0.05) is 36.2 Å². The Kier molecular flexibility index (Phi) is 3.84. The van der Waals surface area contributed by atoms with Crippen molar-refractivity contribution in [2.45, 2.75) is 50.2 Å². The first-order valence-electron chi connectivity index (χ1n) is 6.28. The Morgan fingerprint density at radius 3 is 2.38 bits per heavy atom. The van der Waals surface area contributed by atoms with E-state index >= 15 is 0 Å². The average molecular weight is 244 g/mol. The van der Waals surface area contributed by atoms with Crippen molar-refractivity contribution in [3.8, 4) is 0 Å². The molecule has 0 bridgehead atoms. The SMILES string of the molecule is CC1CC(CN)(N2C[C@@H](C)O[C@@H](C)C2)CS1. The molecule has 0 spiro atoms. The van der Waals surface area contributed by atoms with Crippen LogP contribution < -0.4 is 5.73 Å². The van der Waals surface area contributed by atoms with Crippen LogP contribution in [0.3, 0.4) is 0 Å². The van der Waals surface area contributed by atoms with Crippen LogP contribution in [0.2, 0.25) is 0 Å². The maximum atomic E-state index is 6.06. The molecule has 2 unspecified atom stereocenters. The molecule has 0 radical (unpaired) electrons. The molecule has 2 aliphatic rings. The standard InChI is InChI=1S/C12H24N2OS/c1-9-5-14(6-10(2)15-9)12(7-13)4-11(3)16-8-12/h9-11H,4-8,13H2,1-3H3/t9-,10+,11?,12?. The van der Waals surface area contributed by atoms with E-state index in [2.05, 4.69) is 37.4 Å². The van der Waals surface area contributed by atoms with Crippen LogP contribution >= 0.6 is 11.8 Å². The van der Waals surface area contributed by atoms with Crippen LogP contribution in [0.4, 0.5) is 0 Å². The van der Waals surface area contributed by atoms with Crippen LogP contribution in [0, 0.1) is 0 Å². The number of hydrogen-bond acceptors (Lipinski definition) is 4. The van der Waals surface area contributed by atoms with Gasteiger partial charge in [-0.15, -0.1) is 0 Å². The molecular weight excluding hydrogens is 220 g/mol. The quantitative estimate of drug-likeness (QED) is 0.795. The first-order valence-corrected chi connectivity index (χ1v) is 7.33. The number of thioether (sulfide) groups is 1. The van der Waals surface area contributed by atoms with Crippen molar-refractivity contribution >= 4 is 11.8 Å². The fraction of sp³-hybridized carbons (Fsp3) is 1.00. The molecule has 0 aromatic rings. The van der Waals surface area contributed by atoms with E-state index in [1.54, 1.807) is 0 Å². The van der Waals surface area contributed by atoms with Crippen LogP contribution in [-0.2, 0) is 4.74 Å². The molecule has 4 atom stereocenters. The summed E-state index contributed by atoms with van der Waals surface area (Å²) < 4.78 is 5.80. The third-order valence-electron chi connectivity index (χ3n) is 3.77. The Morgan fingerprint density at radius 1 is 1.31 bits per heavy atom. The van der Waals surface area contributed by atoms with Crippen molar-refractivity contribution < 1.29 is 4.74 Å². The van der Waals surface area contributed by atoms with Gasteiger partial charge in [0.1, 0.15) is 0 Å². The molecule has 16 heavy (non-hydrogen) atoms. The lowest BCUT2D eigenvalue weighted by Gasteiger charge is -2.46. The van der Waals surface area contributed by atoms with Crippen molar-refractivity contribution in [1.29, 1.82) is 0 Å². The van der Waals surface area contributed by atoms with Crippen LogP contribution in [0.15, 0.2) is 0 Å². The predicted octanol–water partition coefficient (Wildman–Crippen LogP) is 1.32. The smallest absolute Gasteiger partial charge is 0.0678 e. The molecule has 2 aliphatic heterocycles. The highest BCUT2D eigenvalue weighted by Crippen LogP contribution is 2.39. The number of hydrogen-bond donors (Lipinski definition) is 1. The topological polar surface area (TPSA) is 38.5 Å². The highest BCUT2D eigenvalue weighted by atomic mass is 32.2. The molecule has 3 nitrogen and oxygen atoms in total. The van der Waals surface area contributed by atoms with Gasteiger partial charge in [-0.2, -0.15) is 11.8 Å². The molecule has 0 saturated carbocycles. The van der Waals surface area contributed by atoms with Gasteiger partial charge in [-0.25, -0.2) is 0 Å². The van der Waals surface area contributed by atoms with Gasteiger partial charge in [0.2, 0.25) is 0 Å². The third kappa shape index (κ3) is 2.40. The zero-order valence-electron chi connectivity index (χ0n) is 10.6. The number of morpholine rings is 1. The summed E-state index contributed by atoms with van der Waals surface area (Å²) in [5.41, 5.74) is 6.29. The molecule has 2 fully saturated rings. The van der Waals surface area contributed by atoms with Crippen LogP contribution in [0.5, 0.6) is 0 Å². The summed E-state index contributed by atoms with van der Waals surface area (Å²) in [7, 11) is 0. The highest BCUT2D eigenvalue weighted by molar-refractivity contribution is 8.00. The van der Waals surface area contributed by atoms with Crippen molar-refractivity contribution in [3.05, 3.63) is 0 Å². The number of nitrogens with two attached hydrogens (primary N) is 1. The first kappa shape index (κ1) is 12.7.